The monoisotopic (exact) mass is 237 g/mol. The first-order valence-electron chi connectivity index (χ1n) is 7.14. The van der Waals surface area contributed by atoms with Crippen molar-refractivity contribution in [1.29, 1.82) is 0 Å². The van der Waals surface area contributed by atoms with Crippen molar-refractivity contribution in [1.82, 2.24) is 15.1 Å². The first kappa shape index (κ1) is 13.1. The van der Waals surface area contributed by atoms with Crippen LogP contribution in [0.15, 0.2) is 12.7 Å². The Hall–Kier alpha value is -0.380. The average molecular weight is 237 g/mol. The predicted molar refractivity (Wildman–Crippen MR) is 73.3 cm³/mol. The van der Waals surface area contributed by atoms with E-state index in [1.165, 1.54) is 45.6 Å². The van der Waals surface area contributed by atoms with Crippen LogP contribution in [0.1, 0.15) is 26.2 Å². The Morgan fingerprint density at radius 3 is 2.65 bits per heavy atom. The third-order valence-corrected chi connectivity index (χ3v) is 4.25. The van der Waals surface area contributed by atoms with Crippen LogP contribution in [0.5, 0.6) is 0 Å². The molecular formula is C14H27N3. The van der Waals surface area contributed by atoms with Crippen LogP contribution < -0.4 is 5.32 Å². The maximum atomic E-state index is 3.81. The molecule has 0 amide bonds. The molecule has 98 valence electrons. The van der Waals surface area contributed by atoms with Crippen LogP contribution in [-0.4, -0.2) is 61.2 Å². The van der Waals surface area contributed by atoms with Crippen LogP contribution in [0.2, 0.25) is 0 Å². The molecular weight excluding hydrogens is 210 g/mol. The van der Waals surface area contributed by atoms with E-state index in [1.807, 2.05) is 6.08 Å². The molecule has 0 radical (unpaired) electrons. The van der Waals surface area contributed by atoms with Crippen LogP contribution in [0, 0.1) is 0 Å². The normalized spacial score (nSPS) is 33.6. The van der Waals surface area contributed by atoms with Gasteiger partial charge in [0.1, 0.15) is 0 Å². The summed E-state index contributed by atoms with van der Waals surface area (Å²) in [7, 11) is 0. The minimum Gasteiger partial charge on any atom is -0.312 e. The lowest BCUT2D eigenvalue weighted by atomic mass is 10.1. The molecule has 3 aliphatic rings. The zero-order valence-electron chi connectivity index (χ0n) is 11.2. The van der Waals surface area contributed by atoms with Crippen molar-refractivity contribution < 1.29 is 0 Å². The highest BCUT2D eigenvalue weighted by atomic mass is 15.3. The maximum Gasteiger partial charge on any atom is 0.0349 e. The van der Waals surface area contributed by atoms with Gasteiger partial charge < -0.3 is 5.32 Å². The summed E-state index contributed by atoms with van der Waals surface area (Å²) in [5, 5.41) is 3.74. The van der Waals surface area contributed by atoms with Crippen molar-refractivity contribution in [2.24, 2.45) is 0 Å². The molecule has 0 saturated carbocycles. The first-order valence-corrected chi connectivity index (χ1v) is 7.14. The number of nitrogens with zero attached hydrogens (tertiary/aromatic N) is 2. The van der Waals surface area contributed by atoms with E-state index in [1.54, 1.807) is 0 Å². The topological polar surface area (TPSA) is 18.5 Å². The molecule has 3 aliphatic heterocycles. The molecule has 2 bridgehead atoms. The highest BCUT2D eigenvalue weighted by molar-refractivity contribution is 4.89. The van der Waals surface area contributed by atoms with Gasteiger partial charge in [-0.25, -0.2) is 0 Å². The fourth-order valence-corrected chi connectivity index (χ4v) is 2.99. The van der Waals surface area contributed by atoms with Gasteiger partial charge in [0.2, 0.25) is 0 Å². The quantitative estimate of drug-likeness (QED) is 0.674. The van der Waals surface area contributed by atoms with Crippen LogP contribution in [0.3, 0.4) is 0 Å². The molecule has 3 nitrogen and oxygen atoms in total. The summed E-state index contributed by atoms with van der Waals surface area (Å²) in [6.45, 7) is 13.6. The Labute approximate surface area is 106 Å². The predicted octanol–water partition coefficient (Wildman–Crippen LogP) is 1.32. The van der Waals surface area contributed by atoms with Crippen molar-refractivity contribution in [3.63, 3.8) is 0 Å². The van der Waals surface area contributed by atoms with Gasteiger partial charge >= 0.3 is 0 Å². The van der Waals surface area contributed by atoms with Crippen molar-refractivity contribution in [3.05, 3.63) is 12.7 Å². The third kappa shape index (κ3) is 3.54. The van der Waals surface area contributed by atoms with Gasteiger partial charge in [-0.05, 0) is 19.3 Å². The number of nitrogens with one attached hydrogen (secondary N) is 1. The second-order valence-electron chi connectivity index (χ2n) is 5.37. The lowest BCUT2D eigenvalue weighted by molar-refractivity contribution is 0.0125. The second kappa shape index (κ2) is 6.53. The molecule has 0 aromatic rings. The summed E-state index contributed by atoms with van der Waals surface area (Å²) in [5.41, 5.74) is 0. The van der Waals surface area contributed by atoms with E-state index < -0.39 is 0 Å². The standard InChI is InChI=1S/C14H27N3/c1-3-5-6-13(4-2)15-11-14-12-16-7-9-17(14)10-8-16/h3,13-15H,1,4-12H2,2H3. The number of hydrogen-bond acceptors (Lipinski definition) is 3. The van der Waals surface area contributed by atoms with Crippen LogP contribution in [0.4, 0.5) is 0 Å². The van der Waals surface area contributed by atoms with Gasteiger partial charge in [0.25, 0.3) is 0 Å². The molecule has 3 heterocycles. The fraction of sp³-hybridized carbons (Fsp3) is 0.857. The Morgan fingerprint density at radius 1 is 1.35 bits per heavy atom. The van der Waals surface area contributed by atoms with Gasteiger partial charge in [-0.15, -0.1) is 6.58 Å². The van der Waals surface area contributed by atoms with E-state index in [2.05, 4.69) is 28.6 Å². The van der Waals surface area contributed by atoms with Gasteiger partial charge in [-0.2, -0.15) is 0 Å². The molecule has 0 aromatic carbocycles. The maximum absolute atomic E-state index is 3.81. The molecule has 0 aliphatic carbocycles. The zero-order valence-corrected chi connectivity index (χ0v) is 11.2. The van der Waals surface area contributed by atoms with E-state index in [0.717, 1.165) is 19.0 Å². The van der Waals surface area contributed by atoms with E-state index in [9.17, 15) is 0 Å². The number of piperazine rings is 3. The summed E-state index contributed by atoms with van der Waals surface area (Å²) in [6.07, 6.45) is 5.62. The molecule has 3 fully saturated rings. The lowest BCUT2D eigenvalue weighted by Crippen LogP contribution is -2.63. The molecule has 3 rings (SSSR count). The molecule has 2 unspecified atom stereocenters. The SMILES string of the molecule is C=CCCC(CC)NCC1CN2CCN1CC2. The largest absolute Gasteiger partial charge is 0.312 e. The zero-order chi connectivity index (χ0) is 12.1. The fourth-order valence-electron chi connectivity index (χ4n) is 2.99. The van der Waals surface area contributed by atoms with Crippen LogP contribution >= 0.6 is 0 Å². The van der Waals surface area contributed by atoms with Gasteiger partial charge in [0, 0.05) is 51.4 Å². The average Bonchev–Trinajstić information content (AvgIpc) is 2.40. The summed E-state index contributed by atoms with van der Waals surface area (Å²) in [5.74, 6) is 0. The van der Waals surface area contributed by atoms with Crippen LogP contribution in [-0.2, 0) is 0 Å². The molecule has 3 saturated heterocycles. The smallest absolute Gasteiger partial charge is 0.0349 e. The van der Waals surface area contributed by atoms with Crippen molar-refractivity contribution in [2.75, 3.05) is 39.3 Å². The van der Waals surface area contributed by atoms with Crippen LogP contribution in [0.25, 0.3) is 0 Å². The highest BCUT2D eigenvalue weighted by Crippen LogP contribution is 2.15. The van der Waals surface area contributed by atoms with E-state index in [-0.39, 0.29) is 0 Å². The summed E-state index contributed by atoms with van der Waals surface area (Å²) in [4.78, 5) is 5.27. The van der Waals surface area contributed by atoms with E-state index in [4.69, 9.17) is 0 Å². The first-order chi connectivity index (χ1) is 8.33. The number of rotatable bonds is 7. The molecule has 0 spiro atoms. The molecule has 1 N–H and O–H groups in total. The number of fused-ring (bicyclic) bond motifs is 3. The molecule has 3 heteroatoms. The van der Waals surface area contributed by atoms with Gasteiger partial charge in [0.15, 0.2) is 0 Å². The number of allylic oxidation sites excluding steroid dienone is 1. The van der Waals surface area contributed by atoms with Gasteiger partial charge in [-0.3, -0.25) is 9.80 Å². The second-order valence-corrected chi connectivity index (χ2v) is 5.37. The summed E-state index contributed by atoms with van der Waals surface area (Å²) in [6, 6.07) is 1.42. The molecule has 2 atom stereocenters. The third-order valence-electron chi connectivity index (χ3n) is 4.25. The van der Waals surface area contributed by atoms with Gasteiger partial charge in [-0.1, -0.05) is 13.0 Å². The molecule has 0 aromatic heterocycles. The Morgan fingerprint density at radius 2 is 2.12 bits per heavy atom. The van der Waals surface area contributed by atoms with Gasteiger partial charge in [0.05, 0.1) is 0 Å². The molecule has 17 heavy (non-hydrogen) atoms. The Kier molecular flexibility index (Phi) is 5.01. The van der Waals surface area contributed by atoms with Crippen molar-refractivity contribution in [3.8, 4) is 0 Å². The van der Waals surface area contributed by atoms with Crippen molar-refractivity contribution >= 4 is 0 Å². The summed E-state index contributed by atoms with van der Waals surface area (Å²) >= 11 is 0. The number of hydrogen-bond donors (Lipinski definition) is 1. The Balaban J connectivity index is 1.71. The van der Waals surface area contributed by atoms with Crippen molar-refractivity contribution in [2.45, 2.75) is 38.3 Å². The minimum atomic E-state index is 0.671. The van der Waals surface area contributed by atoms with E-state index in [0.29, 0.717) is 6.04 Å². The lowest BCUT2D eigenvalue weighted by Gasteiger charge is -2.47. The minimum absolute atomic E-state index is 0.671. The van der Waals surface area contributed by atoms with E-state index >= 15 is 0 Å². The highest BCUT2D eigenvalue weighted by Gasteiger charge is 2.31. The summed E-state index contributed by atoms with van der Waals surface area (Å²) < 4.78 is 0. The Bertz CT molecular complexity index is 234.